The van der Waals surface area contributed by atoms with E-state index in [9.17, 15) is 14.7 Å². The molecule has 0 atom stereocenters. The van der Waals surface area contributed by atoms with Crippen LogP contribution in [0.25, 0.3) is 11.1 Å². The number of nitrogens with one attached hydrogen (secondary N) is 1. The van der Waals surface area contributed by atoms with Crippen LogP contribution in [0.1, 0.15) is 34.5 Å². The molecule has 0 unspecified atom stereocenters. The van der Waals surface area contributed by atoms with Gasteiger partial charge in [0.25, 0.3) is 0 Å². The molecule has 0 saturated carbocycles. The van der Waals surface area contributed by atoms with Gasteiger partial charge in [-0.25, -0.2) is 9.59 Å². The van der Waals surface area contributed by atoms with E-state index in [-0.39, 0.29) is 23.9 Å². The van der Waals surface area contributed by atoms with Crippen LogP contribution in [0.2, 0.25) is 0 Å². The molecule has 142 valence electrons. The highest BCUT2D eigenvalue weighted by molar-refractivity contribution is 5.97. The monoisotopic (exact) mass is 377 g/mol. The number of benzene rings is 2. The van der Waals surface area contributed by atoms with Crippen molar-refractivity contribution in [3.05, 3.63) is 71.5 Å². The molecule has 0 aliphatic heterocycles. The number of aromatic carboxylic acids is 1. The Kier molecular flexibility index (Phi) is 4.57. The summed E-state index contributed by atoms with van der Waals surface area (Å²) in [6, 6.07) is 16.1. The first-order valence-corrected chi connectivity index (χ1v) is 9.01. The molecular formula is C21H19N3O4. The molecule has 0 bridgehead atoms. The van der Waals surface area contributed by atoms with Gasteiger partial charge in [-0.2, -0.15) is 5.10 Å². The number of anilines is 1. The third-order valence-electron chi connectivity index (χ3n) is 4.87. The number of rotatable bonds is 5. The van der Waals surface area contributed by atoms with Crippen molar-refractivity contribution in [1.82, 2.24) is 9.78 Å². The lowest BCUT2D eigenvalue weighted by Crippen LogP contribution is -2.18. The lowest BCUT2D eigenvalue weighted by molar-refractivity contribution is 0.0690. The van der Waals surface area contributed by atoms with Crippen LogP contribution in [0, 0.1) is 0 Å². The van der Waals surface area contributed by atoms with Crippen LogP contribution in [-0.4, -0.2) is 33.6 Å². The molecule has 0 saturated heterocycles. The molecule has 1 amide bonds. The second kappa shape index (κ2) is 7.19. The lowest BCUT2D eigenvalue weighted by atomic mass is 9.98. The van der Waals surface area contributed by atoms with Crippen molar-refractivity contribution in [1.29, 1.82) is 0 Å². The van der Waals surface area contributed by atoms with Gasteiger partial charge < -0.3 is 9.84 Å². The molecule has 1 aliphatic rings. The van der Waals surface area contributed by atoms with Crippen LogP contribution in [0.4, 0.5) is 10.5 Å². The molecule has 1 aromatic heterocycles. The smallest absolute Gasteiger partial charge is 0.411 e. The first kappa shape index (κ1) is 17.8. The number of carboxylic acids is 1. The quantitative estimate of drug-likeness (QED) is 0.702. The van der Waals surface area contributed by atoms with Crippen molar-refractivity contribution in [2.45, 2.75) is 19.4 Å². The SMILES string of the molecule is CCn1cc(NC(=O)OCC2c3ccccc3-c3ccccc32)c(C(=O)O)n1. The van der Waals surface area contributed by atoms with E-state index < -0.39 is 12.1 Å². The Morgan fingerprint density at radius 1 is 1.11 bits per heavy atom. The normalized spacial score (nSPS) is 12.3. The van der Waals surface area contributed by atoms with E-state index in [0.29, 0.717) is 6.54 Å². The maximum atomic E-state index is 12.3. The van der Waals surface area contributed by atoms with Crippen molar-refractivity contribution < 1.29 is 19.4 Å². The van der Waals surface area contributed by atoms with Crippen molar-refractivity contribution >= 4 is 17.7 Å². The van der Waals surface area contributed by atoms with Gasteiger partial charge in [-0.15, -0.1) is 0 Å². The van der Waals surface area contributed by atoms with Gasteiger partial charge in [0.2, 0.25) is 0 Å². The van der Waals surface area contributed by atoms with Gasteiger partial charge in [-0.1, -0.05) is 48.5 Å². The molecule has 0 radical (unpaired) electrons. The first-order chi connectivity index (χ1) is 13.6. The van der Waals surface area contributed by atoms with E-state index in [0.717, 1.165) is 22.3 Å². The van der Waals surface area contributed by atoms with Gasteiger partial charge in [0.15, 0.2) is 5.69 Å². The number of nitrogens with zero attached hydrogens (tertiary/aromatic N) is 2. The molecule has 28 heavy (non-hydrogen) atoms. The number of hydrogen-bond donors (Lipinski definition) is 2. The summed E-state index contributed by atoms with van der Waals surface area (Å²) in [7, 11) is 0. The second-order valence-corrected chi connectivity index (χ2v) is 6.50. The van der Waals surface area contributed by atoms with Crippen molar-refractivity contribution in [3.63, 3.8) is 0 Å². The minimum Gasteiger partial charge on any atom is -0.476 e. The highest BCUT2D eigenvalue weighted by Crippen LogP contribution is 2.44. The number of ether oxygens (including phenoxy) is 1. The average molecular weight is 377 g/mol. The standard InChI is InChI=1S/C21H19N3O4/c1-2-24-11-18(19(23-24)20(25)26)22-21(27)28-12-17-15-9-5-3-7-13(15)14-8-4-6-10-16(14)17/h3-11,17H,2,12H2,1H3,(H,22,27)(H,25,26). The predicted octanol–water partition coefficient (Wildman–Crippen LogP) is 3.96. The van der Waals surface area contributed by atoms with Crippen LogP contribution >= 0.6 is 0 Å². The molecule has 3 aromatic rings. The summed E-state index contributed by atoms with van der Waals surface area (Å²) in [5, 5.41) is 15.7. The van der Waals surface area contributed by atoms with E-state index in [1.165, 1.54) is 10.9 Å². The molecule has 4 rings (SSSR count). The van der Waals surface area contributed by atoms with Crippen LogP contribution in [0.15, 0.2) is 54.7 Å². The van der Waals surface area contributed by atoms with E-state index in [1.807, 2.05) is 43.3 Å². The number of hydrogen-bond acceptors (Lipinski definition) is 4. The summed E-state index contributed by atoms with van der Waals surface area (Å²) in [5.41, 5.74) is 4.42. The minimum absolute atomic E-state index is 0.0598. The largest absolute Gasteiger partial charge is 0.476 e. The van der Waals surface area contributed by atoms with Crippen molar-refractivity contribution in [2.24, 2.45) is 0 Å². The third-order valence-corrected chi connectivity index (χ3v) is 4.87. The molecule has 0 spiro atoms. The molecule has 2 aromatic carbocycles. The van der Waals surface area contributed by atoms with Gasteiger partial charge in [0.05, 0.1) is 5.69 Å². The van der Waals surface area contributed by atoms with Gasteiger partial charge >= 0.3 is 12.1 Å². The summed E-state index contributed by atoms with van der Waals surface area (Å²) in [6.07, 6.45) is 0.769. The fourth-order valence-electron chi connectivity index (χ4n) is 3.58. The van der Waals surface area contributed by atoms with E-state index in [4.69, 9.17) is 4.74 Å². The Balaban J connectivity index is 1.50. The van der Waals surface area contributed by atoms with Crippen LogP contribution < -0.4 is 5.32 Å². The molecule has 0 fully saturated rings. The van der Waals surface area contributed by atoms with Gasteiger partial charge in [0.1, 0.15) is 6.61 Å². The average Bonchev–Trinajstić information content (AvgIpc) is 3.25. The fraction of sp³-hybridized carbons (Fsp3) is 0.190. The van der Waals surface area contributed by atoms with E-state index >= 15 is 0 Å². The molecule has 2 N–H and O–H groups in total. The van der Waals surface area contributed by atoms with Crippen LogP contribution in [0.5, 0.6) is 0 Å². The zero-order valence-electron chi connectivity index (χ0n) is 15.3. The Morgan fingerprint density at radius 2 is 1.71 bits per heavy atom. The number of amides is 1. The number of fused-ring (bicyclic) bond motifs is 3. The van der Waals surface area contributed by atoms with Crippen LogP contribution in [0.3, 0.4) is 0 Å². The number of aryl methyl sites for hydroxylation is 1. The van der Waals surface area contributed by atoms with Crippen LogP contribution in [-0.2, 0) is 11.3 Å². The maximum absolute atomic E-state index is 12.3. The molecular weight excluding hydrogens is 358 g/mol. The first-order valence-electron chi connectivity index (χ1n) is 9.01. The number of aromatic nitrogens is 2. The number of carboxylic acid groups (broad SMARTS) is 1. The van der Waals surface area contributed by atoms with Gasteiger partial charge in [-0.3, -0.25) is 10.00 Å². The molecule has 7 heteroatoms. The molecule has 7 nitrogen and oxygen atoms in total. The van der Waals surface area contributed by atoms with E-state index in [2.05, 4.69) is 22.5 Å². The topological polar surface area (TPSA) is 93.5 Å². The van der Waals surface area contributed by atoms with Crippen molar-refractivity contribution in [3.8, 4) is 11.1 Å². The third kappa shape index (κ3) is 3.11. The minimum atomic E-state index is -1.21. The number of carbonyl (C=O) groups is 2. The predicted molar refractivity (Wildman–Crippen MR) is 104 cm³/mol. The maximum Gasteiger partial charge on any atom is 0.411 e. The highest BCUT2D eigenvalue weighted by Gasteiger charge is 2.29. The Hall–Kier alpha value is -3.61. The lowest BCUT2D eigenvalue weighted by Gasteiger charge is -2.14. The zero-order chi connectivity index (χ0) is 19.7. The summed E-state index contributed by atoms with van der Waals surface area (Å²) in [4.78, 5) is 23.6. The van der Waals surface area contributed by atoms with E-state index in [1.54, 1.807) is 0 Å². The summed E-state index contributed by atoms with van der Waals surface area (Å²) in [6.45, 7) is 2.48. The Morgan fingerprint density at radius 3 is 2.29 bits per heavy atom. The summed E-state index contributed by atoms with van der Waals surface area (Å²) in [5.74, 6) is -1.27. The zero-order valence-corrected chi connectivity index (χ0v) is 15.3. The van der Waals surface area contributed by atoms with Crippen molar-refractivity contribution in [2.75, 3.05) is 11.9 Å². The number of carbonyl (C=O) groups excluding carboxylic acids is 1. The highest BCUT2D eigenvalue weighted by atomic mass is 16.5. The Labute approximate surface area is 161 Å². The summed E-state index contributed by atoms with van der Waals surface area (Å²) < 4.78 is 6.89. The van der Waals surface area contributed by atoms with Gasteiger partial charge in [0, 0.05) is 18.7 Å². The summed E-state index contributed by atoms with van der Waals surface area (Å²) >= 11 is 0. The van der Waals surface area contributed by atoms with Gasteiger partial charge in [-0.05, 0) is 29.2 Å². The molecule has 1 aliphatic carbocycles. The molecule has 1 heterocycles. The Bertz CT molecular complexity index is 1010. The second-order valence-electron chi connectivity index (χ2n) is 6.50. The fourth-order valence-corrected chi connectivity index (χ4v) is 3.58.